The number of rotatable bonds is 0. The van der Waals surface area contributed by atoms with Crippen molar-refractivity contribution < 1.29 is 99.8 Å². The van der Waals surface area contributed by atoms with E-state index in [1.807, 2.05) is 0 Å². The van der Waals surface area contributed by atoms with Crippen LogP contribution in [0.2, 0.25) is 0 Å². The van der Waals surface area contributed by atoms with Crippen LogP contribution < -0.4 is 71.7 Å². The number of halogens is 1. The fourth-order valence-corrected chi connectivity index (χ4v) is 0. The van der Waals surface area contributed by atoms with Crippen LogP contribution in [0.4, 0.5) is 0 Å². The van der Waals surface area contributed by atoms with Gasteiger partial charge in [-0.25, -0.2) is 4.21 Å². The molecular formula is HBrNa2O6S. The number of hydrogen-bond donors (Lipinski definition) is 1. The Kier molecular flexibility index (Phi) is 40.0. The van der Waals surface area contributed by atoms with Gasteiger partial charge in [0.05, 0.1) is 11.4 Å². The Hall–Kier alpha value is 2.43. The first-order chi connectivity index (χ1) is 3.46. The summed E-state index contributed by atoms with van der Waals surface area (Å²) in [6.45, 7) is 0. The normalized spacial score (nSPS) is 9.80. The van der Waals surface area contributed by atoms with Gasteiger partial charge in [0.15, 0.2) is 0 Å². The Morgan fingerprint density at radius 3 is 1.20 bits per heavy atom. The summed E-state index contributed by atoms with van der Waals surface area (Å²) < 4.78 is 49.6. The second-order valence-corrected chi connectivity index (χ2v) is 1.63. The molecule has 0 aliphatic rings. The third-order valence-corrected chi connectivity index (χ3v) is 0. The maximum atomic E-state index is 8.56. The molecule has 52 valence electrons. The summed E-state index contributed by atoms with van der Waals surface area (Å²) in [5.74, 6) is 0. The van der Waals surface area contributed by atoms with Crippen LogP contribution in [0, 0.1) is 14.8 Å². The zero-order chi connectivity index (χ0) is 7.15. The molecule has 0 rings (SSSR count). The van der Waals surface area contributed by atoms with E-state index in [0.29, 0.717) is 0 Å². The Morgan fingerprint density at radius 2 is 1.20 bits per heavy atom. The van der Waals surface area contributed by atoms with Crippen molar-refractivity contribution in [2.75, 3.05) is 0 Å². The van der Waals surface area contributed by atoms with Gasteiger partial charge in [-0.2, -0.15) is 0 Å². The van der Waals surface area contributed by atoms with E-state index in [0.717, 1.165) is 0 Å². The van der Waals surface area contributed by atoms with E-state index in [1.54, 1.807) is 0 Å². The zero-order valence-corrected chi connectivity index (χ0v) is 11.7. The zero-order valence-electron chi connectivity index (χ0n) is 5.27. The van der Waals surface area contributed by atoms with Gasteiger partial charge >= 0.3 is 59.1 Å². The van der Waals surface area contributed by atoms with Crippen LogP contribution in [-0.2, 0) is 11.4 Å². The van der Waals surface area contributed by atoms with Crippen molar-refractivity contribution >= 4 is 11.4 Å². The van der Waals surface area contributed by atoms with Crippen LogP contribution in [0.25, 0.3) is 0 Å². The van der Waals surface area contributed by atoms with Gasteiger partial charge < -0.3 is 21.7 Å². The molecule has 6 nitrogen and oxygen atoms in total. The molecule has 0 saturated carbocycles. The molecule has 0 bridgehead atoms. The molecule has 10 heteroatoms. The van der Waals surface area contributed by atoms with Crippen LogP contribution in [0.3, 0.4) is 0 Å². The summed E-state index contributed by atoms with van der Waals surface area (Å²) >= 11 is -6.51. The van der Waals surface area contributed by atoms with Gasteiger partial charge in [0.25, 0.3) is 0 Å². The third-order valence-electron chi connectivity index (χ3n) is 0. The largest absolute Gasteiger partial charge is 1.00 e. The first-order valence-electron chi connectivity index (χ1n) is 0.979. The van der Waals surface area contributed by atoms with E-state index in [4.69, 9.17) is 25.9 Å². The molecule has 0 aliphatic heterocycles. The van der Waals surface area contributed by atoms with Crippen LogP contribution >= 0.6 is 0 Å². The van der Waals surface area contributed by atoms with Gasteiger partial charge in [0, 0.05) is 0 Å². The van der Waals surface area contributed by atoms with E-state index in [-0.39, 0.29) is 59.1 Å². The Labute approximate surface area is 110 Å². The topological polar surface area (TPSA) is 130 Å². The minimum absolute atomic E-state index is 0. The van der Waals surface area contributed by atoms with E-state index < -0.39 is 26.2 Å². The summed E-state index contributed by atoms with van der Waals surface area (Å²) in [6, 6.07) is 0. The molecule has 0 aliphatic carbocycles. The average molecular weight is 255 g/mol. The van der Waals surface area contributed by atoms with Crippen molar-refractivity contribution in [2.24, 2.45) is 0 Å². The van der Waals surface area contributed by atoms with Gasteiger partial charge in [-0.3, -0.25) is 0 Å². The predicted octanol–water partition coefficient (Wildman–Crippen LogP) is -10.2. The van der Waals surface area contributed by atoms with Gasteiger partial charge in [-0.15, -0.1) is 0 Å². The van der Waals surface area contributed by atoms with Crippen molar-refractivity contribution in [3.05, 3.63) is 0 Å². The minimum Gasteiger partial charge on any atom is -0.750 e. The van der Waals surface area contributed by atoms with Gasteiger partial charge in [0.1, 0.15) is 0 Å². The summed E-state index contributed by atoms with van der Waals surface area (Å²) in [7, 11) is 0. The molecule has 0 aromatic heterocycles. The standard InChI is InChI=1S/BrO3.2Na.H2O3S/c2-1(3)4;;;1-4(2)3/h;;;(H2,1,2,3)/q-1;2*+1;/p-1. The molecule has 1 atom stereocenters. The SMILES string of the molecule is O=S([O-])O.[Na+].[Na+].[O-][Br+2]([O-])[O-]. The quantitative estimate of drug-likeness (QED) is 0.338. The summed E-state index contributed by atoms with van der Waals surface area (Å²) in [5, 5.41) is 0. The van der Waals surface area contributed by atoms with E-state index in [2.05, 4.69) is 0 Å². The fourth-order valence-electron chi connectivity index (χ4n) is 0. The summed E-state index contributed by atoms with van der Waals surface area (Å²) in [5.41, 5.74) is 0. The van der Waals surface area contributed by atoms with Crippen LogP contribution in [-0.4, -0.2) is 13.3 Å². The maximum absolute atomic E-state index is 8.56. The smallest absolute Gasteiger partial charge is 0.750 e. The summed E-state index contributed by atoms with van der Waals surface area (Å²) in [6.07, 6.45) is 0. The molecule has 0 aromatic carbocycles. The first kappa shape index (κ1) is 22.9. The Balaban J connectivity index is -0.0000000300. The molecule has 1 N–H and O–H groups in total. The van der Waals surface area contributed by atoms with Gasteiger partial charge in [0.2, 0.25) is 14.8 Å². The van der Waals surface area contributed by atoms with E-state index >= 15 is 0 Å². The van der Waals surface area contributed by atoms with E-state index in [9.17, 15) is 0 Å². The van der Waals surface area contributed by atoms with Crippen molar-refractivity contribution in [1.82, 2.24) is 0 Å². The van der Waals surface area contributed by atoms with Gasteiger partial charge in [-0.1, -0.05) is 0 Å². The molecule has 0 heterocycles. The molecule has 0 aromatic rings. The van der Waals surface area contributed by atoms with Crippen molar-refractivity contribution in [1.29, 1.82) is 0 Å². The molecule has 1 unspecified atom stereocenters. The molecule has 0 amide bonds. The number of hydrogen-bond acceptors (Lipinski definition) is 5. The molecule has 0 fully saturated rings. The van der Waals surface area contributed by atoms with Crippen molar-refractivity contribution in [3.8, 4) is 0 Å². The second kappa shape index (κ2) is 17.5. The molecule has 0 radical (unpaired) electrons. The first-order valence-corrected chi connectivity index (χ1v) is 3.95. The van der Waals surface area contributed by atoms with E-state index in [1.165, 1.54) is 0 Å². The molecule has 0 spiro atoms. The molecule has 10 heavy (non-hydrogen) atoms. The predicted molar refractivity (Wildman–Crippen MR) is 11.5 cm³/mol. The molecular weight excluding hydrogens is 254 g/mol. The van der Waals surface area contributed by atoms with Crippen LogP contribution in [0.1, 0.15) is 0 Å². The average Bonchev–Trinajstić information content (AvgIpc) is 1.25. The third kappa shape index (κ3) is 157. The fraction of sp³-hybridized carbons (Fsp3) is 0. The minimum atomic E-state index is -3.65. The van der Waals surface area contributed by atoms with Crippen molar-refractivity contribution in [2.45, 2.75) is 0 Å². The van der Waals surface area contributed by atoms with Crippen molar-refractivity contribution in [3.63, 3.8) is 0 Å². The Morgan fingerprint density at radius 1 is 1.20 bits per heavy atom. The van der Waals surface area contributed by atoms with Crippen LogP contribution in [0.5, 0.6) is 0 Å². The van der Waals surface area contributed by atoms with Gasteiger partial charge in [-0.05, 0) is 0 Å². The Bertz CT molecular complexity index is 60.0. The monoisotopic (exact) mass is 254 g/mol. The molecule has 0 saturated heterocycles. The van der Waals surface area contributed by atoms with Crippen LogP contribution in [0.15, 0.2) is 0 Å². The maximum Gasteiger partial charge on any atom is 1.00 e. The second-order valence-electron chi connectivity index (χ2n) is 0.406. The summed E-state index contributed by atoms with van der Waals surface area (Å²) in [4.78, 5) is 0.